The second kappa shape index (κ2) is 5.30. The van der Waals surface area contributed by atoms with E-state index in [4.69, 9.17) is 19.9 Å². The van der Waals surface area contributed by atoms with Gasteiger partial charge in [0.25, 0.3) is 0 Å². The summed E-state index contributed by atoms with van der Waals surface area (Å²) in [7, 11) is 0. The second-order valence-electron chi connectivity index (χ2n) is 5.03. The number of hydrogen-bond acceptors (Lipinski definition) is 5. The maximum absolute atomic E-state index is 12.0. The summed E-state index contributed by atoms with van der Waals surface area (Å²) in [6.45, 7) is 2.42. The van der Waals surface area contributed by atoms with Crippen molar-refractivity contribution in [1.82, 2.24) is 4.90 Å². The molecule has 2 heterocycles. The molecule has 1 amide bonds. The summed E-state index contributed by atoms with van der Waals surface area (Å²) >= 11 is 0. The Bertz CT molecular complexity index is 472. The van der Waals surface area contributed by atoms with E-state index in [9.17, 15) is 4.79 Å². The molecule has 1 aromatic rings. The van der Waals surface area contributed by atoms with Crippen LogP contribution in [0.25, 0.3) is 0 Å². The molecule has 0 aromatic heterocycles. The van der Waals surface area contributed by atoms with Gasteiger partial charge in [-0.2, -0.15) is 0 Å². The van der Waals surface area contributed by atoms with Crippen LogP contribution in [-0.4, -0.2) is 43.1 Å². The van der Waals surface area contributed by atoms with Gasteiger partial charge in [0.15, 0.2) is 5.79 Å². The minimum absolute atomic E-state index is 0.345. The van der Waals surface area contributed by atoms with Crippen molar-refractivity contribution in [3.05, 3.63) is 24.3 Å². The van der Waals surface area contributed by atoms with Gasteiger partial charge in [-0.15, -0.1) is 0 Å². The van der Waals surface area contributed by atoms with E-state index in [2.05, 4.69) is 0 Å². The summed E-state index contributed by atoms with van der Waals surface area (Å²) < 4.78 is 16.6. The molecule has 0 aliphatic carbocycles. The van der Waals surface area contributed by atoms with Gasteiger partial charge in [0.2, 0.25) is 0 Å². The molecule has 2 aliphatic rings. The first-order valence-corrected chi connectivity index (χ1v) is 6.77. The maximum atomic E-state index is 12.0. The molecule has 1 spiro atoms. The SMILES string of the molecule is Nc1ccc(OC(=O)N2CCC3(CC2)OCCO3)cc1. The van der Waals surface area contributed by atoms with Crippen molar-refractivity contribution in [2.45, 2.75) is 18.6 Å². The lowest BCUT2D eigenvalue weighted by atomic mass is 10.0. The van der Waals surface area contributed by atoms with Crippen LogP contribution in [0.15, 0.2) is 24.3 Å². The smallest absolute Gasteiger partial charge is 0.410 e. The predicted octanol–water partition coefficient (Wildman–Crippen LogP) is 1.61. The molecule has 3 rings (SSSR count). The molecular weight excluding hydrogens is 260 g/mol. The van der Waals surface area contributed by atoms with E-state index in [1.807, 2.05) is 0 Å². The van der Waals surface area contributed by atoms with Gasteiger partial charge in [-0.05, 0) is 24.3 Å². The first-order valence-electron chi connectivity index (χ1n) is 6.77. The van der Waals surface area contributed by atoms with Gasteiger partial charge in [0.05, 0.1) is 13.2 Å². The average molecular weight is 278 g/mol. The monoisotopic (exact) mass is 278 g/mol. The van der Waals surface area contributed by atoms with Gasteiger partial charge >= 0.3 is 6.09 Å². The molecule has 2 N–H and O–H groups in total. The summed E-state index contributed by atoms with van der Waals surface area (Å²) in [6.07, 6.45) is 1.02. The Morgan fingerprint density at radius 1 is 1.15 bits per heavy atom. The Morgan fingerprint density at radius 3 is 2.35 bits per heavy atom. The van der Waals surface area contributed by atoms with Crippen LogP contribution < -0.4 is 10.5 Å². The first-order chi connectivity index (χ1) is 9.67. The Kier molecular flexibility index (Phi) is 3.50. The van der Waals surface area contributed by atoms with Gasteiger partial charge < -0.3 is 24.8 Å². The number of benzene rings is 1. The van der Waals surface area contributed by atoms with Gasteiger partial charge in [0.1, 0.15) is 5.75 Å². The number of ether oxygens (including phenoxy) is 3. The van der Waals surface area contributed by atoms with Crippen LogP contribution in [0.2, 0.25) is 0 Å². The number of carbonyl (C=O) groups excluding carboxylic acids is 1. The quantitative estimate of drug-likeness (QED) is 0.790. The van der Waals surface area contributed by atoms with E-state index >= 15 is 0 Å². The van der Waals surface area contributed by atoms with Crippen LogP contribution in [0, 0.1) is 0 Å². The van der Waals surface area contributed by atoms with Crippen molar-refractivity contribution in [3.8, 4) is 5.75 Å². The molecule has 1 aromatic carbocycles. The summed E-state index contributed by atoms with van der Waals surface area (Å²) in [4.78, 5) is 13.7. The molecule has 0 atom stereocenters. The highest BCUT2D eigenvalue weighted by Crippen LogP contribution is 2.31. The van der Waals surface area contributed by atoms with Crippen molar-refractivity contribution >= 4 is 11.8 Å². The molecule has 0 bridgehead atoms. The number of nitrogens with two attached hydrogens (primary N) is 1. The highest BCUT2D eigenvalue weighted by Gasteiger charge is 2.41. The Morgan fingerprint density at radius 2 is 1.75 bits per heavy atom. The van der Waals surface area contributed by atoms with Crippen molar-refractivity contribution in [2.24, 2.45) is 0 Å². The lowest BCUT2D eigenvalue weighted by Gasteiger charge is -2.36. The molecule has 20 heavy (non-hydrogen) atoms. The molecule has 2 aliphatic heterocycles. The van der Waals surface area contributed by atoms with Crippen molar-refractivity contribution in [1.29, 1.82) is 0 Å². The zero-order chi connectivity index (χ0) is 14.0. The fourth-order valence-corrected chi connectivity index (χ4v) is 2.52. The van der Waals surface area contributed by atoms with Crippen LogP contribution in [0.3, 0.4) is 0 Å². The topological polar surface area (TPSA) is 74.0 Å². The third-order valence-electron chi connectivity index (χ3n) is 3.68. The summed E-state index contributed by atoms with van der Waals surface area (Å²) in [5.41, 5.74) is 6.23. The molecule has 0 radical (unpaired) electrons. The fourth-order valence-electron chi connectivity index (χ4n) is 2.52. The molecule has 2 saturated heterocycles. The van der Waals surface area contributed by atoms with Crippen LogP contribution >= 0.6 is 0 Å². The van der Waals surface area contributed by atoms with Crippen LogP contribution in [0.5, 0.6) is 5.75 Å². The summed E-state index contributed by atoms with van der Waals surface area (Å²) in [5.74, 6) is 0.0238. The van der Waals surface area contributed by atoms with E-state index < -0.39 is 5.79 Å². The van der Waals surface area contributed by atoms with Crippen molar-refractivity contribution < 1.29 is 19.0 Å². The first kappa shape index (κ1) is 13.2. The highest BCUT2D eigenvalue weighted by molar-refractivity contribution is 5.71. The van der Waals surface area contributed by atoms with Crippen LogP contribution in [0.4, 0.5) is 10.5 Å². The van der Waals surface area contributed by atoms with Gasteiger partial charge in [-0.1, -0.05) is 0 Å². The van der Waals surface area contributed by atoms with Gasteiger partial charge in [-0.25, -0.2) is 4.79 Å². The largest absolute Gasteiger partial charge is 0.415 e. The van der Waals surface area contributed by atoms with Crippen molar-refractivity contribution in [2.75, 3.05) is 32.0 Å². The lowest BCUT2D eigenvalue weighted by molar-refractivity contribution is -0.182. The third-order valence-corrected chi connectivity index (χ3v) is 3.68. The molecular formula is C14H18N2O4. The molecule has 2 fully saturated rings. The zero-order valence-corrected chi connectivity index (χ0v) is 11.2. The van der Waals surface area contributed by atoms with E-state index in [0.717, 1.165) is 0 Å². The highest BCUT2D eigenvalue weighted by atomic mass is 16.7. The standard InChI is InChI=1S/C14H18N2O4/c15-11-1-3-12(4-2-11)20-13(17)16-7-5-14(6-8-16)18-9-10-19-14/h1-4H,5-10,15H2. The molecule has 0 unspecified atom stereocenters. The molecule has 108 valence electrons. The molecule has 0 saturated carbocycles. The fraction of sp³-hybridized carbons (Fsp3) is 0.500. The number of likely N-dealkylation sites (tertiary alicyclic amines) is 1. The van der Waals surface area contributed by atoms with Crippen LogP contribution in [-0.2, 0) is 9.47 Å². The number of rotatable bonds is 1. The average Bonchev–Trinajstić information content (AvgIpc) is 2.90. The minimum Gasteiger partial charge on any atom is -0.410 e. The van der Waals surface area contributed by atoms with Crippen LogP contribution in [0.1, 0.15) is 12.8 Å². The number of amides is 1. The second-order valence-corrected chi connectivity index (χ2v) is 5.03. The number of nitrogens with zero attached hydrogens (tertiary/aromatic N) is 1. The normalized spacial score (nSPS) is 21.1. The zero-order valence-electron chi connectivity index (χ0n) is 11.2. The van der Waals surface area contributed by atoms with E-state index in [1.54, 1.807) is 29.2 Å². The number of nitrogen functional groups attached to an aromatic ring is 1. The van der Waals surface area contributed by atoms with Gasteiger partial charge in [0, 0.05) is 31.6 Å². The van der Waals surface area contributed by atoms with E-state index in [0.29, 0.717) is 50.6 Å². The van der Waals surface area contributed by atoms with Crippen molar-refractivity contribution in [3.63, 3.8) is 0 Å². The number of piperidine rings is 1. The maximum Gasteiger partial charge on any atom is 0.415 e. The Labute approximate surface area is 117 Å². The predicted molar refractivity (Wildman–Crippen MR) is 72.3 cm³/mol. The van der Waals surface area contributed by atoms with Gasteiger partial charge in [-0.3, -0.25) is 0 Å². The number of anilines is 1. The Balaban J connectivity index is 1.55. The van der Waals surface area contributed by atoms with E-state index in [-0.39, 0.29) is 6.09 Å². The number of carbonyl (C=O) groups is 1. The summed E-state index contributed by atoms with van der Waals surface area (Å²) in [6, 6.07) is 6.77. The number of hydrogen-bond donors (Lipinski definition) is 1. The Hall–Kier alpha value is -1.79. The summed E-state index contributed by atoms with van der Waals surface area (Å²) in [5, 5.41) is 0. The third kappa shape index (κ3) is 2.71. The molecule has 6 nitrogen and oxygen atoms in total. The molecule has 6 heteroatoms. The van der Waals surface area contributed by atoms with E-state index in [1.165, 1.54) is 0 Å². The lowest BCUT2D eigenvalue weighted by Crippen LogP contribution is -2.48. The minimum atomic E-state index is -0.474.